The summed E-state index contributed by atoms with van der Waals surface area (Å²) in [6.07, 6.45) is 0.516. The highest BCUT2D eigenvalue weighted by Crippen LogP contribution is 2.26. The number of H-pyrrole nitrogens is 1. The SMILES string of the molecule is CCc1c(C)[nH]c2c(F)cc(F)c(Br)c2c1=O. The number of hydrogen-bond acceptors (Lipinski definition) is 1. The highest BCUT2D eigenvalue weighted by molar-refractivity contribution is 9.10. The number of hydrogen-bond donors (Lipinski definition) is 1. The average molecular weight is 302 g/mol. The van der Waals surface area contributed by atoms with Crippen molar-refractivity contribution >= 4 is 26.8 Å². The van der Waals surface area contributed by atoms with Crippen LogP contribution in [0.4, 0.5) is 8.78 Å². The maximum absolute atomic E-state index is 13.6. The molecule has 0 spiro atoms. The first-order valence-corrected chi connectivity index (χ1v) is 5.95. The highest BCUT2D eigenvalue weighted by atomic mass is 79.9. The Morgan fingerprint density at radius 3 is 2.59 bits per heavy atom. The molecule has 1 aromatic heterocycles. The lowest BCUT2D eigenvalue weighted by atomic mass is 10.1. The number of aryl methyl sites for hydroxylation is 1. The third kappa shape index (κ3) is 1.78. The first-order valence-electron chi connectivity index (χ1n) is 5.16. The predicted octanol–water partition coefficient (Wildman–Crippen LogP) is 3.44. The Kier molecular flexibility index (Phi) is 3.03. The van der Waals surface area contributed by atoms with E-state index in [2.05, 4.69) is 20.9 Å². The van der Waals surface area contributed by atoms with Crippen LogP contribution >= 0.6 is 15.9 Å². The number of pyridine rings is 1. The van der Waals surface area contributed by atoms with Gasteiger partial charge in [0.2, 0.25) is 0 Å². The molecule has 90 valence electrons. The number of rotatable bonds is 1. The summed E-state index contributed by atoms with van der Waals surface area (Å²) in [6.45, 7) is 3.53. The molecule has 1 N–H and O–H groups in total. The number of halogens is 3. The molecule has 0 bridgehead atoms. The Morgan fingerprint density at radius 2 is 2.00 bits per heavy atom. The van der Waals surface area contributed by atoms with Crippen molar-refractivity contribution in [2.75, 3.05) is 0 Å². The Hall–Kier alpha value is -1.23. The van der Waals surface area contributed by atoms with Crippen LogP contribution in [0.2, 0.25) is 0 Å². The van der Waals surface area contributed by atoms with Crippen molar-refractivity contribution in [2.24, 2.45) is 0 Å². The lowest BCUT2D eigenvalue weighted by Gasteiger charge is -2.08. The zero-order valence-corrected chi connectivity index (χ0v) is 10.9. The molecule has 5 heteroatoms. The number of aromatic nitrogens is 1. The molecule has 0 saturated heterocycles. The standard InChI is InChI=1S/C12H10BrF2NO/c1-3-6-5(2)16-11-8(15)4-7(14)10(13)9(11)12(6)17/h4H,3H2,1-2H3,(H,16,17). The summed E-state index contributed by atoms with van der Waals surface area (Å²) < 4.78 is 27.0. The van der Waals surface area contributed by atoms with Crippen molar-refractivity contribution in [2.45, 2.75) is 20.3 Å². The van der Waals surface area contributed by atoms with E-state index < -0.39 is 11.6 Å². The van der Waals surface area contributed by atoms with Crippen molar-refractivity contribution in [3.63, 3.8) is 0 Å². The molecule has 0 aliphatic rings. The van der Waals surface area contributed by atoms with Crippen LogP contribution in [0.5, 0.6) is 0 Å². The van der Waals surface area contributed by atoms with Crippen LogP contribution in [0.1, 0.15) is 18.2 Å². The molecule has 0 radical (unpaired) electrons. The number of fused-ring (bicyclic) bond motifs is 1. The van der Waals surface area contributed by atoms with Gasteiger partial charge >= 0.3 is 0 Å². The fraction of sp³-hybridized carbons (Fsp3) is 0.250. The summed E-state index contributed by atoms with van der Waals surface area (Å²) >= 11 is 2.99. The van der Waals surface area contributed by atoms with Crippen molar-refractivity contribution in [1.29, 1.82) is 0 Å². The minimum Gasteiger partial charge on any atom is -0.356 e. The quantitative estimate of drug-likeness (QED) is 0.804. The lowest BCUT2D eigenvalue weighted by molar-refractivity contribution is 0.586. The van der Waals surface area contributed by atoms with E-state index in [1.165, 1.54) is 0 Å². The molecule has 0 aliphatic heterocycles. The molecule has 2 rings (SSSR count). The average Bonchev–Trinajstić information content (AvgIpc) is 2.26. The van der Waals surface area contributed by atoms with E-state index >= 15 is 0 Å². The second-order valence-electron chi connectivity index (χ2n) is 3.82. The maximum atomic E-state index is 13.6. The summed E-state index contributed by atoms with van der Waals surface area (Å²) in [6, 6.07) is 0.757. The van der Waals surface area contributed by atoms with Gasteiger partial charge in [-0.25, -0.2) is 8.78 Å². The largest absolute Gasteiger partial charge is 0.356 e. The van der Waals surface area contributed by atoms with Crippen LogP contribution in [0.15, 0.2) is 15.3 Å². The number of benzene rings is 1. The topological polar surface area (TPSA) is 32.9 Å². The Bertz CT molecular complexity index is 664. The van der Waals surface area contributed by atoms with E-state index in [1.807, 2.05) is 6.92 Å². The third-order valence-electron chi connectivity index (χ3n) is 2.79. The molecular formula is C12H10BrF2NO. The van der Waals surface area contributed by atoms with Crippen LogP contribution < -0.4 is 5.43 Å². The van der Waals surface area contributed by atoms with Crippen molar-refractivity contribution < 1.29 is 8.78 Å². The molecule has 0 fully saturated rings. The Labute approximate surface area is 105 Å². The van der Waals surface area contributed by atoms with Gasteiger partial charge in [0.25, 0.3) is 0 Å². The van der Waals surface area contributed by atoms with Crippen molar-refractivity contribution in [1.82, 2.24) is 4.98 Å². The summed E-state index contributed by atoms with van der Waals surface area (Å²) in [5.41, 5.74) is 0.868. The molecule has 1 aromatic carbocycles. The van der Waals surface area contributed by atoms with Gasteiger partial charge in [0.1, 0.15) is 11.6 Å². The summed E-state index contributed by atoms with van der Waals surface area (Å²) in [5.74, 6) is -1.53. The highest BCUT2D eigenvalue weighted by Gasteiger charge is 2.16. The van der Waals surface area contributed by atoms with Gasteiger partial charge in [0.15, 0.2) is 5.43 Å². The van der Waals surface area contributed by atoms with Gasteiger partial charge in [0.05, 0.1) is 15.4 Å². The second kappa shape index (κ2) is 4.22. The lowest BCUT2D eigenvalue weighted by Crippen LogP contribution is -2.14. The van der Waals surface area contributed by atoms with Crippen LogP contribution in [-0.2, 0) is 6.42 Å². The van der Waals surface area contributed by atoms with Gasteiger partial charge in [-0.15, -0.1) is 0 Å². The molecule has 1 heterocycles. The van der Waals surface area contributed by atoms with E-state index in [1.54, 1.807) is 6.92 Å². The van der Waals surface area contributed by atoms with Gasteiger partial charge < -0.3 is 4.98 Å². The molecule has 2 aromatic rings. The zero-order chi connectivity index (χ0) is 12.7. The van der Waals surface area contributed by atoms with Crippen LogP contribution in [-0.4, -0.2) is 4.98 Å². The summed E-state index contributed by atoms with van der Waals surface area (Å²) in [4.78, 5) is 14.9. The van der Waals surface area contributed by atoms with Gasteiger partial charge in [-0.05, 0) is 29.3 Å². The Morgan fingerprint density at radius 1 is 1.35 bits per heavy atom. The minimum atomic E-state index is -0.772. The summed E-state index contributed by atoms with van der Waals surface area (Å²) in [5, 5.41) is 0.0324. The molecule has 17 heavy (non-hydrogen) atoms. The molecular weight excluding hydrogens is 292 g/mol. The number of aromatic amines is 1. The molecule has 0 saturated carbocycles. The third-order valence-corrected chi connectivity index (χ3v) is 3.57. The molecule has 0 atom stereocenters. The summed E-state index contributed by atoms with van der Waals surface area (Å²) in [7, 11) is 0. The van der Waals surface area contributed by atoms with E-state index in [9.17, 15) is 13.6 Å². The predicted molar refractivity (Wildman–Crippen MR) is 66.3 cm³/mol. The van der Waals surface area contributed by atoms with Crippen LogP contribution in [0, 0.1) is 18.6 Å². The van der Waals surface area contributed by atoms with Crippen LogP contribution in [0.25, 0.3) is 10.9 Å². The molecule has 0 aliphatic carbocycles. The maximum Gasteiger partial charge on any atom is 0.194 e. The monoisotopic (exact) mass is 301 g/mol. The fourth-order valence-electron chi connectivity index (χ4n) is 1.94. The Balaban J connectivity index is 3.08. The van der Waals surface area contributed by atoms with Crippen LogP contribution in [0.3, 0.4) is 0 Å². The number of nitrogens with one attached hydrogen (secondary N) is 1. The van der Waals surface area contributed by atoms with E-state index in [-0.39, 0.29) is 20.8 Å². The van der Waals surface area contributed by atoms with E-state index in [0.717, 1.165) is 6.07 Å². The van der Waals surface area contributed by atoms with Gasteiger partial charge in [-0.3, -0.25) is 4.79 Å². The van der Waals surface area contributed by atoms with Gasteiger partial charge in [-0.1, -0.05) is 6.92 Å². The molecule has 2 nitrogen and oxygen atoms in total. The van der Waals surface area contributed by atoms with Gasteiger partial charge in [0, 0.05) is 17.3 Å². The van der Waals surface area contributed by atoms with Crippen molar-refractivity contribution in [3.8, 4) is 0 Å². The van der Waals surface area contributed by atoms with E-state index in [4.69, 9.17) is 0 Å². The van der Waals surface area contributed by atoms with E-state index in [0.29, 0.717) is 17.7 Å². The van der Waals surface area contributed by atoms with Crippen molar-refractivity contribution in [3.05, 3.63) is 43.7 Å². The van der Waals surface area contributed by atoms with Gasteiger partial charge in [-0.2, -0.15) is 0 Å². The zero-order valence-electron chi connectivity index (χ0n) is 9.33. The second-order valence-corrected chi connectivity index (χ2v) is 4.61. The molecule has 0 unspecified atom stereocenters. The fourth-order valence-corrected chi connectivity index (χ4v) is 2.43. The minimum absolute atomic E-state index is 0.00449. The normalized spacial score (nSPS) is 11.1. The first-order chi connectivity index (χ1) is 7.97. The smallest absolute Gasteiger partial charge is 0.194 e. The first kappa shape index (κ1) is 12.2. The molecule has 0 amide bonds.